The molecule has 0 aliphatic carbocycles. The van der Waals surface area contributed by atoms with Gasteiger partial charge in [-0.15, -0.1) is 0 Å². The predicted octanol–water partition coefficient (Wildman–Crippen LogP) is 3.45. The first-order chi connectivity index (χ1) is 11.2. The molecule has 0 radical (unpaired) electrons. The van der Waals surface area contributed by atoms with Crippen molar-refractivity contribution in [3.05, 3.63) is 54.4 Å². The fourth-order valence-corrected chi connectivity index (χ4v) is 2.35. The summed E-state index contributed by atoms with van der Waals surface area (Å²) < 4.78 is 5.13. The van der Waals surface area contributed by atoms with Crippen LogP contribution in [-0.4, -0.2) is 23.1 Å². The van der Waals surface area contributed by atoms with Gasteiger partial charge in [-0.3, -0.25) is 0 Å². The Balaban J connectivity index is 1.63. The van der Waals surface area contributed by atoms with Gasteiger partial charge in [0.2, 0.25) is 0 Å². The van der Waals surface area contributed by atoms with Gasteiger partial charge in [0.15, 0.2) is 0 Å². The summed E-state index contributed by atoms with van der Waals surface area (Å²) in [7, 11) is 1.63. The number of hydrogen-bond acceptors (Lipinski definition) is 3. The molecule has 0 aliphatic rings. The average molecular weight is 310 g/mol. The first-order valence-corrected chi connectivity index (χ1v) is 7.30. The van der Waals surface area contributed by atoms with Crippen LogP contribution in [0.5, 0.6) is 5.75 Å². The minimum absolute atomic E-state index is 0.114. The lowest BCUT2D eigenvalue weighted by atomic mass is 10.1. The van der Waals surface area contributed by atoms with Crippen LogP contribution in [0.2, 0.25) is 0 Å². The number of nitrogens with zero attached hydrogens (tertiary/aromatic N) is 1. The van der Waals surface area contributed by atoms with Gasteiger partial charge in [-0.1, -0.05) is 12.1 Å². The van der Waals surface area contributed by atoms with Crippen molar-refractivity contribution in [2.45, 2.75) is 13.0 Å². The van der Waals surface area contributed by atoms with Crippen molar-refractivity contribution < 1.29 is 9.53 Å². The van der Waals surface area contributed by atoms with Crippen LogP contribution in [0.25, 0.3) is 11.0 Å². The molecule has 0 aliphatic heterocycles. The van der Waals surface area contributed by atoms with Gasteiger partial charge < -0.3 is 20.4 Å². The summed E-state index contributed by atoms with van der Waals surface area (Å²) in [6.07, 6.45) is 1.63. The number of anilines is 1. The number of benzene rings is 2. The molecule has 0 bridgehead atoms. The van der Waals surface area contributed by atoms with Gasteiger partial charge >= 0.3 is 6.03 Å². The second-order valence-electron chi connectivity index (χ2n) is 5.23. The number of amides is 2. The zero-order chi connectivity index (χ0) is 16.2. The van der Waals surface area contributed by atoms with Crippen LogP contribution in [-0.2, 0) is 0 Å². The molecule has 3 aromatic rings. The van der Waals surface area contributed by atoms with Crippen molar-refractivity contribution in [2.24, 2.45) is 0 Å². The smallest absolute Gasteiger partial charge is 0.319 e. The number of H-pyrrole nitrogens is 1. The van der Waals surface area contributed by atoms with Crippen molar-refractivity contribution in [2.75, 3.05) is 12.4 Å². The van der Waals surface area contributed by atoms with Crippen molar-refractivity contribution in [3.8, 4) is 5.75 Å². The van der Waals surface area contributed by atoms with Gasteiger partial charge in [0.05, 0.1) is 30.5 Å². The predicted molar refractivity (Wildman–Crippen MR) is 89.7 cm³/mol. The summed E-state index contributed by atoms with van der Waals surface area (Å²) >= 11 is 0. The average Bonchev–Trinajstić information content (AvgIpc) is 3.02. The number of hydrogen-bond donors (Lipinski definition) is 3. The van der Waals surface area contributed by atoms with E-state index in [0.29, 0.717) is 5.69 Å². The standard InChI is InChI=1S/C17H18N4O2/c1-11(12-3-6-14(23-2)7-4-12)20-17(22)21-13-5-8-15-16(9-13)19-10-18-15/h3-11H,1-2H3,(H,18,19)(H2,20,21,22). The molecule has 1 unspecified atom stereocenters. The second kappa shape index (κ2) is 6.39. The zero-order valence-corrected chi connectivity index (χ0v) is 13.0. The topological polar surface area (TPSA) is 79.0 Å². The summed E-state index contributed by atoms with van der Waals surface area (Å²) in [4.78, 5) is 19.3. The summed E-state index contributed by atoms with van der Waals surface area (Å²) in [6.45, 7) is 1.93. The summed E-state index contributed by atoms with van der Waals surface area (Å²) in [5.74, 6) is 0.790. The second-order valence-corrected chi connectivity index (χ2v) is 5.23. The van der Waals surface area contributed by atoms with E-state index in [-0.39, 0.29) is 12.1 Å². The van der Waals surface area contributed by atoms with Gasteiger partial charge in [0, 0.05) is 5.69 Å². The number of carbonyl (C=O) groups excluding carboxylic acids is 1. The van der Waals surface area contributed by atoms with E-state index in [1.54, 1.807) is 13.4 Å². The summed E-state index contributed by atoms with van der Waals surface area (Å²) in [5.41, 5.74) is 3.46. The first kappa shape index (κ1) is 14.9. The lowest BCUT2D eigenvalue weighted by Crippen LogP contribution is -2.31. The van der Waals surface area contributed by atoms with Crippen LogP contribution >= 0.6 is 0 Å². The van der Waals surface area contributed by atoms with Crippen LogP contribution in [0, 0.1) is 0 Å². The molecule has 1 aromatic heterocycles. The van der Waals surface area contributed by atoms with Gasteiger partial charge in [-0.05, 0) is 42.8 Å². The highest BCUT2D eigenvalue weighted by Crippen LogP contribution is 2.18. The number of rotatable bonds is 4. The van der Waals surface area contributed by atoms with Gasteiger partial charge in [0.1, 0.15) is 5.75 Å². The molecule has 2 aromatic carbocycles. The number of urea groups is 1. The third kappa shape index (κ3) is 3.42. The molecule has 1 heterocycles. The van der Waals surface area contributed by atoms with Crippen molar-refractivity contribution in [1.82, 2.24) is 15.3 Å². The number of methoxy groups -OCH3 is 1. The van der Waals surface area contributed by atoms with E-state index in [9.17, 15) is 4.79 Å². The Morgan fingerprint density at radius 3 is 2.74 bits per heavy atom. The van der Waals surface area contributed by atoms with Crippen molar-refractivity contribution in [1.29, 1.82) is 0 Å². The lowest BCUT2D eigenvalue weighted by Gasteiger charge is -2.15. The van der Waals surface area contributed by atoms with Gasteiger partial charge in [-0.25, -0.2) is 9.78 Å². The number of nitrogens with one attached hydrogen (secondary N) is 3. The van der Waals surface area contributed by atoms with Crippen LogP contribution in [0.4, 0.5) is 10.5 Å². The molecule has 0 fully saturated rings. The monoisotopic (exact) mass is 310 g/mol. The molecule has 0 saturated heterocycles. The van der Waals surface area contributed by atoms with E-state index >= 15 is 0 Å². The fraction of sp³-hybridized carbons (Fsp3) is 0.176. The quantitative estimate of drug-likeness (QED) is 0.690. The highest BCUT2D eigenvalue weighted by molar-refractivity contribution is 5.92. The zero-order valence-electron chi connectivity index (χ0n) is 13.0. The van der Waals surface area contributed by atoms with Crippen LogP contribution < -0.4 is 15.4 Å². The molecular formula is C17H18N4O2. The molecule has 1 atom stereocenters. The SMILES string of the molecule is COc1ccc(C(C)NC(=O)Nc2ccc3nc[nH]c3c2)cc1. The van der Waals surface area contributed by atoms with E-state index in [1.807, 2.05) is 49.4 Å². The number of aromatic amines is 1. The Morgan fingerprint density at radius 1 is 1.22 bits per heavy atom. The largest absolute Gasteiger partial charge is 0.497 e. The van der Waals surface area contributed by atoms with Crippen molar-refractivity contribution in [3.63, 3.8) is 0 Å². The first-order valence-electron chi connectivity index (χ1n) is 7.30. The Labute approximate surface area is 133 Å². The number of carbonyl (C=O) groups is 1. The molecule has 0 spiro atoms. The Kier molecular flexibility index (Phi) is 4.14. The molecular weight excluding hydrogens is 292 g/mol. The van der Waals surface area contributed by atoms with Crippen LogP contribution in [0.1, 0.15) is 18.5 Å². The van der Waals surface area contributed by atoms with E-state index in [2.05, 4.69) is 20.6 Å². The number of fused-ring (bicyclic) bond motifs is 1. The minimum atomic E-state index is -0.257. The maximum Gasteiger partial charge on any atom is 0.319 e. The third-order valence-electron chi connectivity index (χ3n) is 3.64. The highest BCUT2D eigenvalue weighted by atomic mass is 16.5. The Morgan fingerprint density at radius 2 is 2.00 bits per heavy atom. The highest BCUT2D eigenvalue weighted by Gasteiger charge is 2.10. The summed E-state index contributed by atoms with van der Waals surface area (Å²) in [5, 5.41) is 5.73. The molecule has 2 amide bonds. The molecule has 0 saturated carbocycles. The van der Waals surface area contributed by atoms with Gasteiger partial charge in [0.25, 0.3) is 0 Å². The van der Waals surface area contributed by atoms with Crippen LogP contribution in [0.15, 0.2) is 48.8 Å². The van der Waals surface area contributed by atoms with Crippen LogP contribution in [0.3, 0.4) is 0 Å². The Bertz CT molecular complexity index is 811. The molecule has 6 heteroatoms. The van der Waals surface area contributed by atoms with E-state index in [0.717, 1.165) is 22.3 Å². The lowest BCUT2D eigenvalue weighted by molar-refractivity contribution is 0.249. The Hall–Kier alpha value is -3.02. The normalized spacial score (nSPS) is 11.9. The maximum absolute atomic E-state index is 12.1. The number of aromatic nitrogens is 2. The summed E-state index contributed by atoms with van der Waals surface area (Å²) in [6, 6.07) is 12.8. The van der Waals surface area contributed by atoms with E-state index in [4.69, 9.17) is 4.74 Å². The maximum atomic E-state index is 12.1. The van der Waals surface area contributed by atoms with Gasteiger partial charge in [-0.2, -0.15) is 0 Å². The third-order valence-corrected chi connectivity index (χ3v) is 3.64. The molecule has 23 heavy (non-hydrogen) atoms. The van der Waals surface area contributed by atoms with Crippen molar-refractivity contribution >= 4 is 22.8 Å². The molecule has 3 rings (SSSR count). The van der Waals surface area contributed by atoms with E-state index < -0.39 is 0 Å². The molecule has 118 valence electrons. The van der Waals surface area contributed by atoms with E-state index in [1.165, 1.54) is 0 Å². The number of imidazole rings is 1. The minimum Gasteiger partial charge on any atom is -0.497 e. The number of ether oxygens (including phenoxy) is 1. The fourth-order valence-electron chi connectivity index (χ4n) is 2.35. The molecule has 3 N–H and O–H groups in total. The molecule has 6 nitrogen and oxygen atoms in total.